The second kappa shape index (κ2) is 4.30. The van der Waals surface area contributed by atoms with E-state index in [0.29, 0.717) is 16.9 Å². The van der Waals surface area contributed by atoms with Crippen LogP contribution in [0, 0.1) is 25.5 Å². The molecule has 2 aromatic rings. The predicted molar refractivity (Wildman–Crippen MR) is 58.6 cm³/mol. The summed E-state index contributed by atoms with van der Waals surface area (Å²) >= 11 is 0. The lowest BCUT2D eigenvalue weighted by atomic mass is 10.0. The van der Waals surface area contributed by atoms with Gasteiger partial charge in [0.1, 0.15) is 23.5 Å². The number of furan rings is 1. The molecule has 1 N–H and O–H groups in total. The normalized spacial score (nSPS) is 12.8. The Balaban J connectivity index is 2.43. The summed E-state index contributed by atoms with van der Waals surface area (Å²) in [6.45, 7) is 3.24. The number of hydrogen-bond donors (Lipinski definition) is 1. The van der Waals surface area contributed by atoms with Crippen LogP contribution in [0.3, 0.4) is 0 Å². The summed E-state index contributed by atoms with van der Waals surface area (Å²) < 4.78 is 31.7. The van der Waals surface area contributed by atoms with Gasteiger partial charge in [-0.2, -0.15) is 0 Å². The molecular weight excluding hydrogens is 226 g/mol. The first kappa shape index (κ1) is 11.8. The fraction of sp³-hybridized carbons (Fsp3) is 0.231. The molecule has 0 aliphatic rings. The summed E-state index contributed by atoms with van der Waals surface area (Å²) in [5, 5.41) is 9.98. The zero-order valence-corrected chi connectivity index (χ0v) is 9.50. The SMILES string of the molecule is Cc1cc(C(O)c2cc(C)c(F)cc2F)co1. The molecule has 1 heterocycles. The molecule has 0 amide bonds. The second-order valence-electron chi connectivity index (χ2n) is 4.02. The van der Waals surface area contributed by atoms with Crippen molar-refractivity contribution in [2.24, 2.45) is 0 Å². The van der Waals surface area contributed by atoms with E-state index in [1.807, 2.05) is 0 Å². The quantitative estimate of drug-likeness (QED) is 0.871. The van der Waals surface area contributed by atoms with Gasteiger partial charge in [0.15, 0.2) is 0 Å². The maximum Gasteiger partial charge on any atom is 0.132 e. The zero-order chi connectivity index (χ0) is 12.6. The van der Waals surface area contributed by atoms with Crippen LogP contribution in [-0.2, 0) is 0 Å². The fourth-order valence-electron chi connectivity index (χ4n) is 1.68. The Morgan fingerprint density at radius 1 is 1.12 bits per heavy atom. The summed E-state index contributed by atoms with van der Waals surface area (Å²) in [4.78, 5) is 0. The molecule has 1 atom stereocenters. The minimum atomic E-state index is -1.15. The van der Waals surface area contributed by atoms with Gasteiger partial charge in [-0.05, 0) is 31.5 Å². The highest BCUT2D eigenvalue weighted by Crippen LogP contribution is 2.27. The van der Waals surface area contributed by atoms with Crippen molar-refractivity contribution in [3.8, 4) is 0 Å². The molecule has 0 saturated carbocycles. The summed E-state index contributed by atoms with van der Waals surface area (Å²) in [6, 6.07) is 3.70. The van der Waals surface area contributed by atoms with E-state index >= 15 is 0 Å². The van der Waals surface area contributed by atoms with Gasteiger partial charge in [0.2, 0.25) is 0 Å². The fourth-order valence-corrected chi connectivity index (χ4v) is 1.68. The average molecular weight is 238 g/mol. The van der Waals surface area contributed by atoms with Crippen molar-refractivity contribution in [1.82, 2.24) is 0 Å². The Hall–Kier alpha value is -1.68. The van der Waals surface area contributed by atoms with Gasteiger partial charge in [-0.3, -0.25) is 0 Å². The molecule has 0 bridgehead atoms. The first-order valence-corrected chi connectivity index (χ1v) is 5.17. The third-order valence-corrected chi connectivity index (χ3v) is 2.64. The first-order valence-electron chi connectivity index (χ1n) is 5.17. The van der Waals surface area contributed by atoms with E-state index in [0.717, 1.165) is 6.07 Å². The average Bonchev–Trinajstić information content (AvgIpc) is 2.69. The Morgan fingerprint density at radius 3 is 2.41 bits per heavy atom. The Morgan fingerprint density at radius 2 is 1.82 bits per heavy atom. The molecule has 0 saturated heterocycles. The van der Waals surface area contributed by atoms with E-state index < -0.39 is 17.7 Å². The highest BCUT2D eigenvalue weighted by Gasteiger charge is 2.18. The molecule has 0 aliphatic carbocycles. The van der Waals surface area contributed by atoms with Crippen LogP contribution in [0.2, 0.25) is 0 Å². The van der Waals surface area contributed by atoms with Gasteiger partial charge >= 0.3 is 0 Å². The molecule has 2 rings (SSSR count). The predicted octanol–water partition coefficient (Wildman–Crippen LogP) is 3.26. The molecule has 1 aromatic heterocycles. The number of benzene rings is 1. The molecule has 0 fully saturated rings. The monoisotopic (exact) mass is 238 g/mol. The van der Waals surface area contributed by atoms with Crippen molar-refractivity contribution in [2.45, 2.75) is 20.0 Å². The third-order valence-electron chi connectivity index (χ3n) is 2.64. The van der Waals surface area contributed by atoms with Crippen molar-refractivity contribution in [1.29, 1.82) is 0 Å². The minimum Gasteiger partial charge on any atom is -0.469 e. The van der Waals surface area contributed by atoms with Gasteiger partial charge in [-0.15, -0.1) is 0 Å². The molecule has 0 radical (unpaired) electrons. The molecule has 4 heteroatoms. The van der Waals surface area contributed by atoms with E-state index in [4.69, 9.17) is 4.42 Å². The van der Waals surface area contributed by atoms with Gasteiger partial charge in [0.05, 0.1) is 6.26 Å². The summed E-state index contributed by atoms with van der Waals surface area (Å²) in [7, 11) is 0. The molecule has 2 nitrogen and oxygen atoms in total. The van der Waals surface area contributed by atoms with Crippen molar-refractivity contribution < 1.29 is 18.3 Å². The molecule has 17 heavy (non-hydrogen) atoms. The second-order valence-corrected chi connectivity index (χ2v) is 4.02. The number of hydrogen-bond acceptors (Lipinski definition) is 2. The van der Waals surface area contributed by atoms with E-state index in [1.165, 1.54) is 19.3 Å². The van der Waals surface area contributed by atoms with Gasteiger partial charge in [-0.1, -0.05) is 0 Å². The standard InChI is InChI=1S/C13H12F2O2/c1-7-3-10(12(15)5-11(7)14)13(16)9-4-8(2)17-6-9/h3-6,13,16H,1-2H3. The van der Waals surface area contributed by atoms with Crippen LogP contribution in [0.1, 0.15) is 28.6 Å². The van der Waals surface area contributed by atoms with Crippen molar-refractivity contribution in [3.05, 3.63) is 58.5 Å². The summed E-state index contributed by atoms with van der Waals surface area (Å²) in [5.41, 5.74) is 0.790. The van der Waals surface area contributed by atoms with Crippen LogP contribution in [0.15, 0.2) is 28.9 Å². The van der Waals surface area contributed by atoms with Gasteiger partial charge in [0.25, 0.3) is 0 Å². The number of halogens is 2. The summed E-state index contributed by atoms with van der Waals surface area (Å²) in [5.74, 6) is -0.764. The number of aliphatic hydroxyl groups is 1. The zero-order valence-electron chi connectivity index (χ0n) is 9.50. The number of aliphatic hydroxyl groups excluding tert-OH is 1. The van der Waals surface area contributed by atoms with E-state index in [2.05, 4.69) is 0 Å². The van der Waals surface area contributed by atoms with Gasteiger partial charge < -0.3 is 9.52 Å². The lowest BCUT2D eigenvalue weighted by Crippen LogP contribution is -2.03. The van der Waals surface area contributed by atoms with E-state index in [1.54, 1.807) is 13.0 Å². The van der Waals surface area contributed by atoms with Crippen LogP contribution in [0.4, 0.5) is 8.78 Å². The van der Waals surface area contributed by atoms with Crippen molar-refractivity contribution >= 4 is 0 Å². The Kier molecular flexibility index (Phi) is 2.98. The van der Waals surface area contributed by atoms with E-state index in [-0.39, 0.29) is 5.56 Å². The van der Waals surface area contributed by atoms with Gasteiger partial charge in [-0.25, -0.2) is 8.78 Å². The molecule has 1 unspecified atom stereocenters. The van der Waals surface area contributed by atoms with Crippen LogP contribution in [0.5, 0.6) is 0 Å². The molecule has 0 aliphatic heterocycles. The Labute approximate surface area is 97.5 Å². The number of aryl methyl sites for hydroxylation is 2. The van der Waals surface area contributed by atoms with E-state index in [9.17, 15) is 13.9 Å². The van der Waals surface area contributed by atoms with Crippen LogP contribution < -0.4 is 0 Å². The minimum absolute atomic E-state index is 0.0460. The van der Waals surface area contributed by atoms with Gasteiger partial charge in [0, 0.05) is 17.2 Å². The first-order chi connectivity index (χ1) is 7.99. The van der Waals surface area contributed by atoms with Crippen LogP contribution in [0.25, 0.3) is 0 Å². The van der Waals surface area contributed by atoms with Crippen molar-refractivity contribution in [2.75, 3.05) is 0 Å². The maximum atomic E-state index is 13.5. The van der Waals surface area contributed by atoms with Crippen molar-refractivity contribution in [3.63, 3.8) is 0 Å². The largest absolute Gasteiger partial charge is 0.469 e. The van der Waals surface area contributed by atoms with Crippen LogP contribution >= 0.6 is 0 Å². The molecule has 90 valence electrons. The smallest absolute Gasteiger partial charge is 0.132 e. The molecule has 0 spiro atoms. The molecule has 1 aromatic carbocycles. The highest BCUT2D eigenvalue weighted by molar-refractivity contribution is 5.33. The topological polar surface area (TPSA) is 33.4 Å². The lowest BCUT2D eigenvalue weighted by molar-refractivity contribution is 0.213. The Bertz CT molecular complexity index is 546. The third kappa shape index (κ3) is 2.22. The number of rotatable bonds is 2. The lowest BCUT2D eigenvalue weighted by Gasteiger charge is -2.11. The highest BCUT2D eigenvalue weighted by atomic mass is 19.1. The summed E-state index contributed by atoms with van der Waals surface area (Å²) in [6.07, 6.45) is 0.213. The molecular formula is C13H12F2O2. The van der Waals surface area contributed by atoms with Crippen LogP contribution in [-0.4, -0.2) is 5.11 Å². The maximum absolute atomic E-state index is 13.5.